The van der Waals surface area contributed by atoms with Crippen molar-refractivity contribution in [2.45, 2.75) is 19.9 Å². The van der Waals surface area contributed by atoms with Crippen molar-refractivity contribution < 1.29 is 9.59 Å². The summed E-state index contributed by atoms with van der Waals surface area (Å²) < 4.78 is 0. The lowest BCUT2D eigenvalue weighted by Gasteiger charge is -2.15. The highest BCUT2D eigenvalue weighted by Gasteiger charge is 2.09. The summed E-state index contributed by atoms with van der Waals surface area (Å²) in [6.07, 6.45) is 0. The largest absolute Gasteiger partial charge is 0.331 e. The van der Waals surface area contributed by atoms with E-state index >= 15 is 0 Å². The maximum Gasteiger partial charge on any atom is 0.319 e. The third-order valence-electron chi connectivity index (χ3n) is 3.11. The Kier molecular flexibility index (Phi) is 5.14. The minimum absolute atomic E-state index is 0.0835. The third-order valence-corrected chi connectivity index (χ3v) is 3.11. The first kappa shape index (κ1) is 15.6. The van der Waals surface area contributed by atoms with E-state index < -0.39 is 0 Å². The molecule has 5 nitrogen and oxygen atoms in total. The normalized spacial score (nSPS) is 11.4. The highest BCUT2D eigenvalue weighted by atomic mass is 16.2. The van der Waals surface area contributed by atoms with Crippen LogP contribution in [-0.4, -0.2) is 11.9 Å². The summed E-state index contributed by atoms with van der Waals surface area (Å²) >= 11 is 0. The summed E-state index contributed by atoms with van der Waals surface area (Å²) in [5.74, 6) is -0.130. The van der Waals surface area contributed by atoms with Crippen molar-refractivity contribution in [3.05, 3.63) is 60.2 Å². The number of carbonyl (C=O) groups is 2. The molecule has 0 fully saturated rings. The molecule has 2 aromatic rings. The monoisotopic (exact) mass is 297 g/mol. The molecule has 0 saturated heterocycles. The molecule has 2 rings (SSSR count). The quantitative estimate of drug-likeness (QED) is 0.808. The van der Waals surface area contributed by atoms with Crippen LogP contribution in [0.1, 0.15) is 25.5 Å². The Hall–Kier alpha value is -2.82. The fourth-order valence-electron chi connectivity index (χ4n) is 2.03. The van der Waals surface area contributed by atoms with Crippen molar-refractivity contribution in [1.29, 1.82) is 0 Å². The molecule has 0 saturated carbocycles. The van der Waals surface area contributed by atoms with E-state index in [4.69, 9.17) is 0 Å². The number of hydrogen-bond acceptors (Lipinski definition) is 2. The second-order valence-corrected chi connectivity index (χ2v) is 4.99. The van der Waals surface area contributed by atoms with Gasteiger partial charge in [0.25, 0.3) is 0 Å². The average Bonchev–Trinajstić information content (AvgIpc) is 2.49. The number of carbonyl (C=O) groups excluding carboxylic acids is 2. The van der Waals surface area contributed by atoms with Crippen LogP contribution >= 0.6 is 0 Å². The first-order valence-electron chi connectivity index (χ1n) is 7.04. The van der Waals surface area contributed by atoms with Crippen LogP contribution in [0, 0.1) is 0 Å². The molecule has 0 bridgehead atoms. The molecule has 0 unspecified atom stereocenters. The van der Waals surface area contributed by atoms with Gasteiger partial charge < -0.3 is 16.0 Å². The highest BCUT2D eigenvalue weighted by Crippen LogP contribution is 2.15. The summed E-state index contributed by atoms with van der Waals surface area (Å²) in [6.45, 7) is 3.37. The van der Waals surface area contributed by atoms with Gasteiger partial charge in [-0.05, 0) is 36.8 Å². The Labute approximate surface area is 129 Å². The lowest BCUT2D eigenvalue weighted by atomic mass is 10.1. The van der Waals surface area contributed by atoms with Gasteiger partial charge in [-0.3, -0.25) is 4.79 Å². The van der Waals surface area contributed by atoms with Crippen LogP contribution in [-0.2, 0) is 4.79 Å². The van der Waals surface area contributed by atoms with Crippen molar-refractivity contribution in [2.24, 2.45) is 0 Å². The second kappa shape index (κ2) is 7.26. The molecule has 22 heavy (non-hydrogen) atoms. The summed E-state index contributed by atoms with van der Waals surface area (Å²) in [6, 6.07) is 16.3. The van der Waals surface area contributed by atoms with E-state index in [1.807, 2.05) is 37.3 Å². The van der Waals surface area contributed by atoms with E-state index in [2.05, 4.69) is 16.0 Å². The number of urea groups is 1. The van der Waals surface area contributed by atoms with Crippen LogP contribution in [0.5, 0.6) is 0 Å². The number of rotatable bonds is 4. The molecule has 3 N–H and O–H groups in total. The zero-order valence-electron chi connectivity index (χ0n) is 12.6. The van der Waals surface area contributed by atoms with E-state index in [1.165, 1.54) is 6.92 Å². The maximum absolute atomic E-state index is 12.0. The summed E-state index contributed by atoms with van der Waals surface area (Å²) in [7, 11) is 0. The lowest BCUT2D eigenvalue weighted by Crippen LogP contribution is -2.31. The van der Waals surface area contributed by atoms with Gasteiger partial charge in [-0.1, -0.05) is 30.3 Å². The van der Waals surface area contributed by atoms with E-state index in [1.54, 1.807) is 24.3 Å². The smallest absolute Gasteiger partial charge is 0.319 e. The molecular weight excluding hydrogens is 278 g/mol. The highest BCUT2D eigenvalue weighted by molar-refractivity contribution is 5.91. The van der Waals surface area contributed by atoms with Crippen LogP contribution < -0.4 is 16.0 Å². The van der Waals surface area contributed by atoms with Crippen molar-refractivity contribution in [3.8, 4) is 0 Å². The molecule has 2 aromatic carbocycles. The van der Waals surface area contributed by atoms with Gasteiger partial charge in [0, 0.05) is 18.3 Å². The fourth-order valence-corrected chi connectivity index (χ4v) is 2.03. The van der Waals surface area contributed by atoms with Gasteiger partial charge in [-0.25, -0.2) is 4.79 Å². The van der Waals surface area contributed by atoms with Gasteiger partial charge in [0.1, 0.15) is 0 Å². The van der Waals surface area contributed by atoms with Crippen LogP contribution in [0.15, 0.2) is 54.6 Å². The van der Waals surface area contributed by atoms with Crippen LogP contribution in [0.2, 0.25) is 0 Å². The van der Waals surface area contributed by atoms with E-state index in [0.29, 0.717) is 11.4 Å². The van der Waals surface area contributed by atoms with E-state index in [-0.39, 0.29) is 18.0 Å². The molecule has 0 aliphatic carbocycles. The lowest BCUT2D eigenvalue weighted by molar-refractivity contribution is -0.114. The Morgan fingerprint density at radius 3 is 1.95 bits per heavy atom. The molecule has 0 heterocycles. The average molecular weight is 297 g/mol. The SMILES string of the molecule is CC(=O)Nc1ccc(NC(=O)N[C@H](C)c2ccccc2)cc1. The second-order valence-electron chi connectivity index (χ2n) is 4.99. The predicted octanol–water partition coefficient (Wildman–Crippen LogP) is 3.53. The number of benzene rings is 2. The Balaban J connectivity index is 1.90. The number of hydrogen-bond donors (Lipinski definition) is 3. The molecule has 5 heteroatoms. The minimum atomic E-state index is -0.274. The third kappa shape index (κ3) is 4.63. The van der Waals surface area contributed by atoms with E-state index in [9.17, 15) is 9.59 Å². The van der Waals surface area contributed by atoms with Gasteiger partial charge in [0.2, 0.25) is 5.91 Å². The molecule has 114 valence electrons. The molecule has 3 amide bonds. The van der Waals surface area contributed by atoms with Crippen LogP contribution in [0.3, 0.4) is 0 Å². The Morgan fingerprint density at radius 1 is 0.864 bits per heavy atom. The zero-order chi connectivity index (χ0) is 15.9. The van der Waals surface area contributed by atoms with Gasteiger partial charge in [-0.2, -0.15) is 0 Å². The minimum Gasteiger partial charge on any atom is -0.331 e. The predicted molar refractivity (Wildman–Crippen MR) is 87.8 cm³/mol. The number of anilines is 2. The summed E-state index contributed by atoms with van der Waals surface area (Å²) in [5.41, 5.74) is 2.39. The molecule has 0 spiro atoms. The Bertz CT molecular complexity index is 639. The molecule has 0 aliphatic heterocycles. The van der Waals surface area contributed by atoms with Gasteiger partial charge in [0.15, 0.2) is 0 Å². The standard InChI is InChI=1S/C17H19N3O2/c1-12(14-6-4-3-5-7-14)18-17(22)20-16-10-8-15(9-11-16)19-13(2)21/h3-12H,1-2H3,(H,19,21)(H2,18,20,22)/t12-/m1/s1. The van der Waals surface area contributed by atoms with Crippen LogP contribution in [0.4, 0.5) is 16.2 Å². The van der Waals surface area contributed by atoms with Gasteiger partial charge in [0.05, 0.1) is 6.04 Å². The fraction of sp³-hybridized carbons (Fsp3) is 0.176. The number of amides is 3. The molecular formula is C17H19N3O2. The molecule has 0 aliphatic rings. The number of nitrogens with one attached hydrogen (secondary N) is 3. The Morgan fingerprint density at radius 2 is 1.41 bits per heavy atom. The van der Waals surface area contributed by atoms with Crippen molar-refractivity contribution >= 4 is 23.3 Å². The molecule has 0 radical (unpaired) electrons. The van der Waals surface area contributed by atoms with Gasteiger partial charge >= 0.3 is 6.03 Å². The van der Waals surface area contributed by atoms with Crippen molar-refractivity contribution in [3.63, 3.8) is 0 Å². The molecule has 0 aromatic heterocycles. The van der Waals surface area contributed by atoms with Crippen molar-refractivity contribution in [1.82, 2.24) is 5.32 Å². The molecule has 1 atom stereocenters. The maximum atomic E-state index is 12.0. The summed E-state index contributed by atoms with van der Waals surface area (Å²) in [4.78, 5) is 22.9. The van der Waals surface area contributed by atoms with Gasteiger partial charge in [-0.15, -0.1) is 0 Å². The topological polar surface area (TPSA) is 70.2 Å². The zero-order valence-corrected chi connectivity index (χ0v) is 12.6. The summed E-state index contributed by atoms with van der Waals surface area (Å²) in [5, 5.41) is 8.30. The first-order valence-corrected chi connectivity index (χ1v) is 7.04. The van der Waals surface area contributed by atoms with E-state index in [0.717, 1.165) is 5.56 Å². The van der Waals surface area contributed by atoms with Crippen LogP contribution in [0.25, 0.3) is 0 Å². The first-order chi connectivity index (χ1) is 10.5. The van der Waals surface area contributed by atoms with Crippen molar-refractivity contribution in [2.75, 3.05) is 10.6 Å².